The second-order valence-corrected chi connectivity index (χ2v) is 11.4. The zero-order valence-corrected chi connectivity index (χ0v) is 30.9. The van der Waals surface area contributed by atoms with E-state index in [1.165, 1.54) is 0 Å². The average molecular weight is 705 g/mol. The Morgan fingerprint density at radius 3 is 1.37 bits per heavy atom. The number of hydrogen-bond donors (Lipinski definition) is 4. The van der Waals surface area contributed by atoms with Crippen molar-refractivity contribution in [1.29, 1.82) is 0 Å². The van der Waals surface area contributed by atoms with Crippen LogP contribution in [0.3, 0.4) is 0 Å². The molecule has 0 spiro atoms. The molecular formula is C31H35BrN7NaS3. The van der Waals surface area contributed by atoms with Gasteiger partial charge in [-0.2, -0.15) is 0 Å². The third kappa shape index (κ3) is 13.4. The van der Waals surface area contributed by atoms with Gasteiger partial charge in [0.15, 0.2) is 0 Å². The fourth-order valence-corrected chi connectivity index (χ4v) is 5.54. The van der Waals surface area contributed by atoms with Gasteiger partial charge >= 0.3 is 29.6 Å². The number of hydrogen-bond acceptors (Lipinski definition) is 10. The van der Waals surface area contributed by atoms with Gasteiger partial charge < -0.3 is 29.5 Å². The third-order valence-corrected chi connectivity index (χ3v) is 8.22. The molecule has 0 fully saturated rings. The van der Waals surface area contributed by atoms with Gasteiger partial charge in [-0.1, -0.05) is 12.1 Å². The topological polar surface area (TPSA) is 115 Å². The van der Waals surface area contributed by atoms with Crippen molar-refractivity contribution in [1.82, 2.24) is 15.0 Å². The first-order valence-electron chi connectivity index (χ1n) is 12.3. The predicted octanol–water partition coefficient (Wildman–Crippen LogP) is 6.28. The molecule has 0 aliphatic heterocycles. The van der Waals surface area contributed by atoms with Crippen molar-refractivity contribution in [2.75, 3.05) is 40.9 Å². The summed E-state index contributed by atoms with van der Waals surface area (Å²) in [5, 5.41) is 9.87. The summed E-state index contributed by atoms with van der Waals surface area (Å²) >= 11 is 8.26. The van der Waals surface area contributed by atoms with Crippen LogP contribution in [0.1, 0.15) is 0 Å². The Balaban J connectivity index is 0.000000400. The molecule has 2 aromatic carbocycles. The smallest absolute Gasteiger partial charge is 0.399 e. The molecule has 0 amide bonds. The molecular weight excluding hydrogens is 669 g/mol. The van der Waals surface area contributed by atoms with Crippen molar-refractivity contribution in [3.63, 3.8) is 0 Å². The minimum Gasteiger partial charge on any atom is -0.399 e. The molecule has 7 nitrogen and oxygen atoms in total. The molecule has 5 rings (SSSR count). The van der Waals surface area contributed by atoms with Crippen LogP contribution in [0.4, 0.5) is 34.1 Å². The van der Waals surface area contributed by atoms with Crippen molar-refractivity contribution in [3.05, 3.63) is 115 Å². The minimum absolute atomic E-state index is 0. The quantitative estimate of drug-likeness (QED) is 0.0669. The molecule has 5 aromatic rings. The number of rotatable bonds is 7. The summed E-state index contributed by atoms with van der Waals surface area (Å²) in [7, 11) is 0. The van der Waals surface area contributed by atoms with Gasteiger partial charge in [0.1, 0.15) is 15.1 Å². The number of nitrogens with zero attached hydrogens (tertiary/aromatic N) is 3. The van der Waals surface area contributed by atoms with Gasteiger partial charge in [0, 0.05) is 45.8 Å². The average Bonchev–Trinajstić information content (AvgIpc) is 2.99. The summed E-state index contributed by atoms with van der Waals surface area (Å²) in [4.78, 5) is 12.9. The normalized spacial score (nSPS) is 9.49. The van der Waals surface area contributed by atoms with Gasteiger partial charge in [-0.25, -0.2) is 15.0 Å². The SMILES string of the molecule is CSc1ncccc1Br.CSc1ncccc1Nc1cccc(Nc2cccnc2SC)c1.Nc1cccc(N)c1.[CH3-].[Na+]. The molecule has 0 bridgehead atoms. The van der Waals surface area contributed by atoms with E-state index in [1.807, 2.05) is 79.4 Å². The summed E-state index contributed by atoms with van der Waals surface area (Å²) in [6, 6.07) is 27.2. The predicted molar refractivity (Wildman–Crippen MR) is 190 cm³/mol. The molecule has 0 atom stereocenters. The molecule has 3 aromatic heterocycles. The van der Waals surface area contributed by atoms with Crippen LogP contribution in [0, 0.1) is 7.43 Å². The Kier molecular flexibility index (Phi) is 19.2. The molecule has 0 saturated heterocycles. The van der Waals surface area contributed by atoms with Gasteiger partial charge in [0.05, 0.1) is 11.4 Å². The Labute approximate surface area is 298 Å². The van der Waals surface area contributed by atoms with E-state index in [2.05, 4.69) is 47.6 Å². The maximum Gasteiger partial charge on any atom is 1.00 e. The Morgan fingerprint density at radius 1 is 0.581 bits per heavy atom. The molecule has 0 saturated carbocycles. The first kappa shape index (κ1) is 38.6. The number of anilines is 6. The van der Waals surface area contributed by atoms with E-state index in [9.17, 15) is 0 Å². The number of benzene rings is 2. The summed E-state index contributed by atoms with van der Waals surface area (Å²) in [6.07, 6.45) is 11.5. The molecule has 0 unspecified atom stereocenters. The monoisotopic (exact) mass is 703 g/mol. The number of nitrogens with two attached hydrogens (primary N) is 2. The molecule has 3 heterocycles. The fourth-order valence-electron chi connectivity index (χ4n) is 3.36. The number of nitrogens with one attached hydrogen (secondary N) is 2. The zero-order chi connectivity index (χ0) is 29.5. The van der Waals surface area contributed by atoms with Gasteiger partial charge in [0.25, 0.3) is 0 Å². The molecule has 43 heavy (non-hydrogen) atoms. The standard InChI is InChI=1S/C18H18N4S2.C6H6BrNS.C6H8N2.CH3.Na/c1-23-17-15(8-4-10-19-17)21-13-6-3-7-14(12-13)22-16-9-5-11-20-18(16)24-2;1-9-6-5(7)3-2-4-8-6;7-5-2-1-3-6(8)4-5;;/h3-12,21-22H,1-2H3;2-4H,1H3;1-4H,7-8H2;1H3;/q;;;-1;+1. The van der Waals surface area contributed by atoms with E-state index in [4.69, 9.17) is 11.5 Å². The summed E-state index contributed by atoms with van der Waals surface area (Å²) in [6.45, 7) is 0. The molecule has 6 N–H and O–H groups in total. The maximum absolute atomic E-state index is 5.38. The van der Waals surface area contributed by atoms with Crippen molar-refractivity contribution in [2.24, 2.45) is 0 Å². The third-order valence-electron chi connectivity index (χ3n) is 5.18. The van der Waals surface area contributed by atoms with E-state index in [0.29, 0.717) is 11.4 Å². The Bertz CT molecular complexity index is 1450. The molecule has 0 aliphatic carbocycles. The number of pyridine rings is 3. The van der Waals surface area contributed by atoms with Crippen molar-refractivity contribution >= 4 is 85.3 Å². The zero-order valence-electron chi connectivity index (χ0n) is 24.9. The molecule has 0 aliphatic rings. The summed E-state index contributed by atoms with van der Waals surface area (Å²) < 4.78 is 1.07. The van der Waals surface area contributed by atoms with E-state index < -0.39 is 0 Å². The second-order valence-electron chi connectivity index (χ2n) is 8.12. The van der Waals surface area contributed by atoms with Crippen molar-refractivity contribution in [3.8, 4) is 0 Å². The first-order valence-corrected chi connectivity index (χ1v) is 16.8. The minimum atomic E-state index is 0. The van der Waals surface area contributed by atoms with Crippen LogP contribution in [0.25, 0.3) is 0 Å². The van der Waals surface area contributed by atoms with Gasteiger partial charge in [-0.15, -0.1) is 35.3 Å². The number of nitrogen functional groups attached to an aromatic ring is 2. The van der Waals surface area contributed by atoms with Crippen LogP contribution >= 0.6 is 51.2 Å². The molecule has 0 radical (unpaired) electrons. The van der Waals surface area contributed by atoms with Crippen LogP contribution < -0.4 is 51.7 Å². The fraction of sp³-hybridized carbons (Fsp3) is 0.0968. The first-order chi connectivity index (χ1) is 19.9. The van der Waals surface area contributed by atoms with Crippen LogP contribution in [0.5, 0.6) is 0 Å². The summed E-state index contributed by atoms with van der Waals surface area (Å²) in [5.41, 5.74) is 16.2. The Hall–Kier alpha value is -2.38. The largest absolute Gasteiger partial charge is 1.00 e. The van der Waals surface area contributed by atoms with E-state index in [-0.39, 0.29) is 37.0 Å². The van der Waals surface area contributed by atoms with Gasteiger partial charge in [-0.3, -0.25) is 0 Å². The van der Waals surface area contributed by atoms with Crippen LogP contribution in [0.2, 0.25) is 0 Å². The van der Waals surface area contributed by atoms with E-state index >= 15 is 0 Å². The molecule has 220 valence electrons. The van der Waals surface area contributed by atoms with E-state index in [0.717, 1.165) is 42.3 Å². The van der Waals surface area contributed by atoms with E-state index in [1.54, 1.807) is 72.1 Å². The van der Waals surface area contributed by atoms with Crippen LogP contribution in [0.15, 0.2) is 123 Å². The van der Waals surface area contributed by atoms with Crippen LogP contribution in [-0.2, 0) is 0 Å². The summed E-state index contributed by atoms with van der Waals surface area (Å²) in [5.74, 6) is 0. The number of aromatic nitrogens is 3. The number of thioether (sulfide) groups is 3. The number of halogens is 1. The van der Waals surface area contributed by atoms with Crippen molar-refractivity contribution < 1.29 is 29.6 Å². The van der Waals surface area contributed by atoms with Gasteiger partial charge in [-0.05, 0) is 107 Å². The van der Waals surface area contributed by atoms with Crippen molar-refractivity contribution in [2.45, 2.75) is 15.1 Å². The maximum atomic E-state index is 5.38. The Morgan fingerprint density at radius 2 is 1.00 bits per heavy atom. The van der Waals surface area contributed by atoms with Gasteiger partial charge in [0.2, 0.25) is 0 Å². The van der Waals surface area contributed by atoms with Crippen LogP contribution in [-0.4, -0.2) is 33.7 Å². The second kappa shape index (κ2) is 21.3. The molecule has 12 heteroatoms.